The number of hydrogen-bond acceptors (Lipinski definition) is 12. The Morgan fingerprint density at radius 2 is 1.65 bits per heavy atom. The van der Waals surface area contributed by atoms with Crippen molar-refractivity contribution in [3.05, 3.63) is 83.6 Å². The van der Waals surface area contributed by atoms with Gasteiger partial charge in [0.05, 0.1) is 42.2 Å². The molecule has 0 radical (unpaired) electrons. The summed E-state index contributed by atoms with van der Waals surface area (Å²) in [7, 11) is 0. The number of nitrogens with zero attached hydrogens (tertiary/aromatic N) is 1. The number of hydroxylamine groups is 2. The van der Waals surface area contributed by atoms with E-state index in [1.807, 2.05) is 57.2 Å². The number of carbonyl (C=O) groups excluding carboxylic acids is 3. The van der Waals surface area contributed by atoms with Gasteiger partial charge in [-0.3, -0.25) is 0 Å². The highest BCUT2D eigenvalue weighted by Gasteiger charge is 2.49. The predicted molar refractivity (Wildman–Crippen MR) is 193 cm³/mol. The molecule has 15 heteroatoms. The van der Waals surface area contributed by atoms with Gasteiger partial charge in [-0.25, -0.2) is 14.4 Å². The summed E-state index contributed by atoms with van der Waals surface area (Å²) in [5, 5.41) is 39.4. The van der Waals surface area contributed by atoms with Gasteiger partial charge in [0.15, 0.2) is 6.29 Å². The van der Waals surface area contributed by atoms with Crippen LogP contribution in [0, 0.1) is 11.8 Å². The minimum atomic E-state index is -1.34. The van der Waals surface area contributed by atoms with E-state index in [1.165, 1.54) is 19.1 Å². The molecule has 2 fully saturated rings. The second-order valence-corrected chi connectivity index (χ2v) is 14.5. The molecular formula is C39H53N3O12. The lowest BCUT2D eigenvalue weighted by Gasteiger charge is -2.47. The van der Waals surface area contributed by atoms with E-state index in [9.17, 15) is 29.7 Å². The third-order valence-electron chi connectivity index (χ3n) is 9.69. The minimum absolute atomic E-state index is 0.000635. The van der Waals surface area contributed by atoms with Crippen LogP contribution in [0.5, 0.6) is 0 Å². The standard InChI is InChI=1S/C39H53N3O12/c1-5-28-17-16-24(2)35(51-28)52-32-25(3)20-29(33(31(32)44)53-36-30(43)21-39(4,48)23-50-36)41-37(46)42(54-34(45)27-14-10-7-11-15-27)19-18-40-38(47)49-22-26-12-8-6-9-13-26/h6-15,17,24-25,29-33,35-36,43-44,48H,5,16,18-23H2,1-4H3,(H,40,47)(H,41,46). The molecule has 0 aromatic heterocycles. The van der Waals surface area contributed by atoms with E-state index >= 15 is 0 Å². The molecule has 54 heavy (non-hydrogen) atoms. The Morgan fingerprint density at radius 3 is 2.33 bits per heavy atom. The van der Waals surface area contributed by atoms with Crippen molar-refractivity contribution in [2.45, 2.75) is 109 Å². The van der Waals surface area contributed by atoms with Crippen LogP contribution in [0.25, 0.3) is 0 Å². The van der Waals surface area contributed by atoms with E-state index < -0.39 is 66.7 Å². The first-order valence-corrected chi connectivity index (χ1v) is 18.5. The number of alkyl carbamates (subject to hydrolysis) is 1. The van der Waals surface area contributed by atoms with Crippen LogP contribution in [0.3, 0.4) is 0 Å². The highest BCUT2D eigenvalue weighted by atomic mass is 16.7. The number of amides is 3. The first kappa shape index (κ1) is 40.9. The van der Waals surface area contributed by atoms with E-state index in [0.29, 0.717) is 6.42 Å². The topological polar surface area (TPSA) is 195 Å². The second-order valence-electron chi connectivity index (χ2n) is 14.5. The van der Waals surface area contributed by atoms with E-state index in [1.54, 1.807) is 18.2 Å². The Morgan fingerprint density at radius 1 is 0.963 bits per heavy atom. The molecule has 0 bridgehead atoms. The molecule has 0 spiro atoms. The summed E-state index contributed by atoms with van der Waals surface area (Å²) >= 11 is 0. The van der Waals surface area contributed by atoms with Gasteiger partial charge in [-0.2, -0.15) is 5.06 Å². The van der Waals surface area contributed by atoms with Crippen molar-refractivity contribution in [1.82, 2.24) is 15.7 Å². The van der Waals surface area contributed by atoms with Gasteiger partial charge in [0.2, 0.25) is 6.29 Å². The second kappa shape index (κ2) is 18.9. The van der Waals surface area contributed by atoms with Gasteiger partial charge in [0.25, 0.3) is 0 Å². The van der Waals surface area contributed by atoms with Crippen LogP contribution in [0.1, 0.15) is 69.3 Å². The summed E-state index contributed by atoms with van der Waals surface area (Å²) in [4.78, 5) is 45.1. The van der Waals surface area contributed by atoms with Gasteiger partial charge in [-0.15, -0.1) is 0 Å². The molecule has 2 aromatic carbocycles. The quantitative estimate of drug-likeness (QED) is 0.197. The molecule has 2 aliphatic heterocycles. The Balaban J connectivity index is 1.31. The highest BCUT2D eigenvalue weighted by Crippen LogP contribution is 2.36. The van der Waals surface area contributed by atoms with Crippen molar-refractivity contribution in [3.8, 4) is 0 Å². The van der Waals surface area contributed by atoms with Crippen LogP contribution in [0.4, 0.5) is 9.59 Å². The van der Waals surface area contributed by atoms with Crippen LogP contribution in [0.2, 0.25) is 0 Å². The normalized spacial score (nSPS) is 30.9. The Hall–Kier alpha value is -4.25. The third-order valence-corrected chi connectivity index (χ3v) is 9.69. The van der Waals surface area contributed by atoms with E-state index in [0.717, 1.165) is 22.8 Å². The first-order valence-electron chi connectivity index (χ1n) is 18.5. The zero-order chi connectivity index (χ0) is 38.8. The monoisotopic (exact) mass is 755 g/mol. The molecule has 1 saturated heterocycles. The van der Waals surface area contributed by atoms with Gasteiger partial charge in [0.1, 0.15) is 24.9 Å². The molecule has 5 N–H and O–H groups in total. The zero-order valence-corrected chi connectivity index (χ0v) is 31.2. The van der Waals surface area contributed by atoms with Crippen molar-refractivity contribution >= 4 is 18.1 Å². The van der Waals surface area contributed by atoms with E-state index in [-0.39, 0.29) is 56.5 Å². The first-order chi connectivity index (χ1) is 25.8. The molecule has 2 aromatic rings. The van der Waals surface area contributed by atoms with Gasteiger partial charge in [0, 0.05) is 25.3 Å². The summed E-state index contributed by atoms with van der Waals surface area (Å²) in [6.45, 7) is 6.87. The Kier molecular flexibility index (Phi) is 14.3. The van der Waals surface area contributed by atoms with Crippen molar-refractivity contribution in [2.24, 2.45) is 11.8 Å². The van der Waals surface area contributed by atoms with Crippen LogP contribution < -0.4 is 10.6 Å². The van der Waals surface area contributed by atoms with Gasteiger partial charge in [-0.1, -0.05) is 69.3 Å². The third kappa shape index (κ3) is 11.1. The zero-order valence-electron chi connectivity index (χ0n) is 31.2. The molecular weight excluding hydrogens is 702 g/mol. The summed E-state index contributed by atoms with van der Waals surface area (Å²) in [6, 6.07) is 15.4. The molecule has 3 amide bonds. The lowest BCUT2D eigenvalue weighted by atomic mass is 9.80. The molecule has 2 heterocycles. The average Bonchev–Trinajstić information content (AvgIpc) is 3.15. The number of nitrogens with one attached hydrogen (secondary N) is 2. The van der Waals surface area contributed by atoms with Crippen LogP contribution in [-0.2, 0) is 35.1 Å². The number of benzene rings is 2. The molecule has 10 unspecified atom stereocenters. The van der Waals surface area contributed by atoms with E-state index in [2.05, 4.69) is 10.6 Å². The lowest BCUT2D eigenvalue weighted by molar-refractivity contribution is -0.301. The number of hydrogen-bond donors (Lipinski definition) is 5. The smallest absolute Gasteiger partial charge is 0.407 e. The maximum atomic E-state index is 14.0. The summed E-state index contributed by atoms with van der Waals surface area (Å²) in [5.74, 6) is -0.358. The molecule has 296 valence electrons. The Labute approximate surface area is 315 Å². The molecule has 5 rings (SSSR count). The fourth-order valence-electron chi connectivity index (χ4n) is 6.69. The number of urea groups is 1. The number of allylic oxidation sites excluding steroid dienone is 2. The van der Waals surface area contributed by atoms with Gasteiger partial charge >= 0.3 is 18.1 Å². The maximum Gasteiger partial charge on any atom is 0.407 e. The van der Waals surface area contributed by atoms with E-state index in [4.69, 9.17) is 28.5 Å². The average molecular weight is 756 g/mol. The van der Waals surface area contributed by atoms with Crippen molar-refractivity contribution < 1.29 is 58.2 Å². The fourth-order valence-corrected chi connectivity index (χ4v) is 6.69. The highest BCUT2D eigenvalue weighted by molar-refractivity contribution is 5.90. The summed E-state index contributed by atoms with van der Waals surface area (Å²) < 4.78 is 29.7. The van der Waals surface area contributed by atoms with Crippen LogP contribution >= 0.6 is 0 Å². The van der Waals surface area contributed by atoms with Crippen molar-refractivity contribution in [3.63, 3.8) is 0 Å². The molecule has 15 nitrogen and oxygen atoms in total. The molecule has 1 aliphatic carbocycles. The minimum Gasteiger partial charge on any atom is -0.469 e. The van der Waals surface area contributed by atoms with Crippen molar-refractivity contribution in [1.29, 1.82) is 0 Å². The van der Waals surface area contributed by atoms with Crippen molar-refractivity contribution in [2.75, 3.05) is 19.7 Å². The lowest BCUT2D eigenvalue weighted by Crippen LogP contribution is -2.64. The number of carbonyl (C=O) groups is 3. The largest absolute Gasteiger partial charge is 0.469 e. The van der Waals surface area contributed by atoms with Gasteiger partial charge in [-0.05, 0) is 49.5 Å². The SMILES string of the molecule is CCC1=CCC(C)C(OC2C(C)CC(NC(=O)N(CCNC(=O)OCc3ccccc3)OC(=O)c3ccccc3)C(OC3OCC(C)(O)CC3O)C2O)O1. The molecule has 3 aliphatic rings. The van der Waals surface area contributed by atoms with Gasteiger partial charge < -0.3 is 54.5 Å². The van der Waals surface area contributed by atoms with Crippen LogP contribution in [0.15, 0.2) is 72.5 Å². The Bertz CT molecular complexity index is 1560. The molecule has 1 saturated carbocycles. The number of aliphatic hydroxyl groups excluding tert-OH is 2. The van der Waals surface area contributed by atoms with Crippen LogP contribution in [-0.4, -0.2) is 107 Å². The molecule has 10 atom stereocenters. The predicted octanol–water partition coefficient (Wildman–Crippen LogP) is 3.77. The maximum absolute atomic E-state index is 14.0. The summed E-state index contributed by atoms with van der Waals surface area (Å²) in [6.07, 6.45) is -3.53. The number of rotatable bonds is 12. The fraction of sp³-hybridized carbons (Fsp3) is 0.564. The number of aliphatic hydroxyl groups is 3. The number of ether oxygens (including phenoxy) is 5. The summed E-state index contributed by atoms with van der Waals surface area (Å²) in [5.41, 5.74) is -0.311.